The van der Waals surface area contributed by atoms with Crippen LogP contribution in [0.4, 0.5) is 0 Å². The largest absolute Gasteiger partial charge is 0.285 e. The number of nitriles is 1. The van der Waals surface area contributed by atoms with Gasteiger partial charge >= 0.3 is 0 Å². The Balaban J connectivity index is 2.06. The molecule has 0 spiro atoms. The number of thioether (sulfide) groups is 1. The summed E-state index contributed by atoms with van der Waals surface area (Å²) in [6, 6.07) is 2.55. The summed E-state index contributed by atoms with van der Waals surface area (Å²) >= 11 is 1.94. The average molecular weight is 196 g/mol. The van der Waals surface area contributed by atoms with E-state index >= 15 is 0 Å². The van der Waals surface area contributed by atoms with Crippen molar-refractivity contribution >= 4 is 11.8 Å². The van der Waals surface area contributed by atoms with E-state index < -0.39 is 0 Å². The Morgan fingerprint density at radius 1 is 1.23 bits per heavy atom. The lowest BCUT2D eigenvalue weighted by Crippen LogP contribution is -2.50. The zero-order valence-corrected chi connectivity index (χ0v) is 8.78. The number of piperidine rings is 1. The van der Waals surface area contributed by atoms with Crippen LogP contribution in [-0.4, -0.2) is 35.0 Å². The molecule has 2 nitrogen and oxygen atoms in total. The Hall–Kier alpha value is -0.200. The Bertz CT molecular complexity index is 209. The summed E-state index contributed by atoms with van der Waals surface area (Å²) < 4.78 is 0. The summed E-state index contributed by atoms with van der Waals surface area (Å²) in [6.07, 6.45) is 5.00. The molecule has 2 aliphatic rings. The lowest BCUT2D eigenvalue weighted by Gasteiger charge is -2.37. The fraction of sp³-hybridized carbons (Fsp3) is 0.900. The van der Waals surface area contributed by atoms with E-state index in [9.17, 15) is 5.26 Å². The molecule has 2 saturated heterocycles. The van der Waals surface area contributed by atoms with Crippen molar-refractivity contribution in [3.63, 3.8) is 0 Å². The van der Waals surface area contributed by atoms with Gasteiger partial charge in [-0.3, -0.25) is 4.90 Å². The van der Waals surface area contributed by atoms with Gasteiger partial charge in [0, 0.05) is 5.75 Å². The Kier molecular flexibility index (Phi) is 2.80. The summed E-state index contributed by atoms with van der Waals surface area (Å²) in [5.74, 6) is 2.20. The SMILES string of the molecule is N#CC1(N2CCCCC2)CCSC1. The van der Waals surface area contributed by atoms with Crippen LogP contribution in [-0.2, 0) is 0 Å². The first-order valence-electron chi connectivity index (χ1n) is 5.11. The lowest BCUT2D eigenvalue weighted by atomic mass is 9.95. The molecule has 0 aliphatic carbocycles. The molecule has 1 unspecified atom stereocenters. The third kappa shape index (κ3) is 1.70. The first kappa shape index (κ1) is 9.36. The van der Waals surface area contributed by atoms with Crippen molar-refractivity contribution in [3.05, 3.63) is 0 Å². The molecule has 2 rings (SSSR count). The highest BCUT2D eigenvalue weighted by molar-refractivity contribution is 7.99. The van der Waals surface area contributed by atoms with Gasteiger partial charge in [0.1, 0.15) is 5.54 Å². The Morgan fingerprint density at radius 3 is 2.54 bits per heavy atom. The number of nitrogens with zero attached hydrogens (tertiary/aromatic N) is 2. The molecule has 0 aromatic rings. The van der Waals surface area contributed by atoms with E-state index in [2.05, 4.69) is 11.0 Å². The molecule has 13 heavy (non-hydrogen) atoms. The third-order valence-corrected chi connectivity index (χ3v) is 4.34. The predicted molar refractivity (Wildman–Crippen MR) is 55.7 cm³/mol. The molecule has 72 valence electrons. The number of hydrogen-bond acceptors (Lipinski definition) is 3. The molecule has 0 amide bonds. The highest BCUT2D eigenvalue weighted by Crippen LogP contribution is 2.34. The number of likely N-dealkylation sites (tertiary alicyclic amines) is 1. The van der Waals surface area contributed by atoms with Crippen LogP contribution < -0.4 is 0 Å². The monoisotopic (exact) mass is 196 g/mol. The molecule has 0 bridgehead atoms. The fourth-order valence-corrected chi connectivity index (χ4v) is 3.64. The second kappa shape index (κ2) is 3.89. The van der Waals surface area contributed by atoms with Crippen LogP contribution in [0.3, 0.4) is 0 Å². The van der Waals surface area contributed by atoms with Gasteiger partial charge in [-0.25, -0.2) is 0 Å². The maximum absolute atomic E-state index is 9.26. The molecule has 1 atom stereocenters. The van der Waals surface area contributed by atoms with Gasteiger partial charge in [0.25, 0.3) is 0 Å². The molecular weight excluding hydrogens is 180 g/mol. The number of rotatable bonds is 1. The maximum Gasteiger partial charge on any atom is 0.119 e. The molecule has 0 aromatic carbocycles. The second-order valence-corrected chi connectivity index (χ2v) is 5.10. The van der Waals surface area contributed by atoms with Crippen LogP contribution >= 0.6 is 11.8 Å². The van der Waals surface area contributed by atoms with Crippen molar-refractivity contribution in [1.29, 1.82) is 5.26 Å². The summed E-state index contributed by atoms with van der Waals surface area (Å²) in [6.45, 7) is 2.29. The van der Waals surface area contributed by atoms with E-state index in [1.54, 1.807) is 0 Å². The van der Waals surface area contributed by atoms with Crippen molar-refractivity contribution in [3.8, 4) is 6.07 Å². The van der Waals surface area contributed by atoms with Gasteiger partial charge in [0.15, 0.2) is 0 Å². The molecular formula is C10H16N2S. The molecule has 0 radical (unpaired) electrons. The van der Waals surface area contributed by atoms with Crippen LogP contribution in [0.15, 0.2) is 0 Å². The zero-order chi connectivity index (χ0) is 9.15. The molecule has 0 saturated carbocycles. The van der Waals surface area contributed by atoms with Gasteiger partial charge in [0.2, 0.25) is 0 Å². The van der Waals surface area contributed by atoms with Crippen molar-refractivity contribution in [1.82, 2.24) is 4.90 Å². The molecule has 2 fully saturated rings. The van der Waals surface area contributed by atoms with Gasteiger partial charge < -0.3 is 0 Å². The Morgan fingerprint density at radius 2 is 2.00 bits per heavy atom. The van der Waals surface area contributed by atoms with Crippen molar-refractivity contribution in [2.24, 2.45) is 0 Å². The predicted octanol–water partition coefficient (Wildman–Crippen LogP) is 1.87. The quantitative estimate of drug-likeness (QED) is 0.640. The smallest absolute Gasteiger partial charge is 0.119 e. The van der Waals surface area contributed by atoms with Crippen molar-refractivity contribution < 1.29 is 0 Å². The van der Waals surface area contributed by atoms with Gasteiger partial charge in [-0.05, 0) is 38.1 Å². The summed E-state index contributed by atoms with van der Waals surface area (Å²) in [7, 11) is 0. The second-order valence-electron chi connectivity index (χ2n) is 3.99. The van der Waals surface area contributed by atoms with E-state index in [0.717, 1.165) is 25.3 Å². The zero-order valence-electron chi connectivity index (χ0n) is 7.96. The van der Waals surface area contributed by atoms with E-state index in [1.165, 1.54) is 25.0 Å². The van der Waals surface area contributed by atoms with Crippen LogP contribution in [0.5, 0.6) is 0 Å². The van der Waals surface area contributed by atoms with E-state index in [4.69, 9.17) is 0 Å². The van der Waals surface area contributed by atoms with Crippen LogP contribution in [0.1, 0.15) is 25.7 Å². The first-order chi connectivity index (χ1) is 6.37. The highest BCUT2D eigenvalue weighted by atomic mass is 32.2. The van der Waals surface area contributed by atoms with E-state index in [0.29, 0.717) is 0 Å². The molecule has 2 heterocycles. The van der Waals surface area contributed by atoms with Crippen LogP contribution in [0.2, 0.25) is 0 Å². The summed E-state index contributed by atoms with van der Waals surface area (Å²) in [5, 5.41) is 9.26. The standard InChI is InChI=1S/C10H16N2S/c11-8-10(4-7-13-9-10)12-5-2-1-3-6-12/h1-7,9H2. The first-order valence-corrected chi connectivity index (χ1v) is 6.27. The minimum absolute atomic E-state index is 0.0922. The van der Waals surface area contributed by atoms with Crippen molar-refractivity contribution in [2.75, 3.05) is 24.6 Å². The Labute approximate surface area is 84.3 Å². The molecule has 2 aliphatic heterocycles. The van der Waals surface area contributed by atoms with E-state index in [-0.39, 0.29) is 5.54 Å². The maximum atomic E-state index is 9.26. The van der Waals surface area contributed by atoms with Crippen molar-refractivity contribution in [2.45, 2.75) is 31.2 Å². The average Bonchev–Trinajstić information content (AvgIpc) is 2.69. The fourth-order valence-electron chi connectivity index (χ4n) is 2.28. The van der Waals surface area contributed by atoms with Gasteiger partial charge in [-0.1, -0.05) is 6.42 Å². The minimum atomic E-state index is -0.0922. The minimum Gasteiger partial charge on any atom is -0.285 e. The third-order valence-electron chi connectivity index (χ3n) is 3.17. The normalized spacial score (nSPS) is 35.9. The topological polar surface area (TPSA) is 27.0 Å². The molecule has 3 heteroatoms. The van der Waals surface area contributed by atoms with Gasteiger partial charge in [-0.2, -0.15) is 17.0 Å². The lowest BCUT2D eigenvalue weighted by molar-refractivity contribution is 0.129. The number of hydrogen-bond donors (Lipinski definition) is 0. The summed E-state index contributed by atoms with van der Waals surface area (Å²) in [4.78, 5) is 2.43. The van der Waals surface area contributed by atoms with Crippen LogP contribution in [0.25, 0.3) is 0 Å². The van der Waals surface area contributed by atoms with Crippen LogP contribution in [0, 0.1) is 11.3 Å². The molecule has 0 N–H and O–H groups in total. The van der Waals surface area contributed by atoms with Gasteiger partial charge in [0.05, 0.1) is 6.07 Å². The van der Waals surface area contributed by atoms with Gasteiger partial charge in [-0.15, -0.1) is 0 Å². The highest BCUT2D eigenvalue weighted by Gasteiger charge is 2.40. The molecule has 0 aromatic heterocycles. The summed E-state index contributed by atoms with van der Waals surface area (Å²) in [5.41, 5.74) is -0.0922. The van der Waals surface area contributed by atoms with E-state index in [1.807, 2.05) is 11.8 Å².